The first kappa shape index (κ1) is 31.2. The van der Waals surface area contributed by atoms with Gasteiger partial charge in [0.15, 0.2) is 0 Å². The van der Waals surface area contributed by atoms with E-state index in [-0.39, 0.29) is 47.2 Å². The van der Waals surface area contributed by atoms with Gasteiger partial charge in [-0.05, 0) is 42.7 Å². The van der Waals surface area contributed by atoms with Crippen molar-refractivity contribution in [1.82, 2.24) is 0 Å². The van der Waals surface area contributed by atoms with E-state index in [2.05, 4.69) is 9.57 Å². The monoisotopic (exact) mass is 569 g/mol. The van der Waals surface area contributed by atoms with Crippen molar-refractivity contribution in [2.75, 3.05) is 13.2 Å². The van der Waals surface area contributed by atoms with Crippen molar-refractivity contribution in [3.05, 3.63) is 33.4 Å². The van der Waals surface area contributed by atoms with Crippen LogP contribution in [0.1, 0.15) is 89.7 Å². The molecule has 3 aliphatic rings. The van der Waals surface area contributed by atoms with Crippen LogP contribution in [-0.4, -0.2) is 41.1 Å². The lowest BCUT2D eigenvalue weighted by Crippen LogP contribution is -2.56. The molecule has 0 amide bonds. The van der Waals surface area contributed by atoms with Crippen LogP contribution in [0.4, 0.5) is 8.78 Å². The second-order valence-electron chi connectivity index (χ2n) is 11.2. The number of halogens is 2. The molecule has 0 aliphatic heterocycles. The number of phenolic OH excluding ortho intramolecular Hbond substituents is 1. The lowest BCUT2D eigenvalue weighted by Gasteiger charge is -2.59. The van der Waals surface area contributed by atoms with Crippen LogP contribution in [0.25, 0.3) is 0 Å². The Morgan fingerprint density at radius 2 is 1.85 bits per heavy atom. The Kier molecular flexibility index (Phi) is 9.73. The molecule has 3 atom stereocenters. The second kappa shape index (κ2) is 12.5. The van der Waals surface area contributed by atoms with Crippen molar-refractivity contribution in [2.24, 2.45) is 23.2 Å². The van der Waals surface area contributed by atoms with Crippen molar-refractivity contribution in [1.29, 1.82) is 0 Å². The van der Waals surface area contributed by atoms with Gasteiger partial charge in [-0.1, -0.05) is 40.5 Å². The number of hydrogen-bond donors (Lipinski definition) is 1. The van der Waals surface area contributed by atoms with Crippen LogP contribution in [-0.2, 0) is 29.9 Å². The summed E-state index contributed by atoms with van der Waals surface area (Å²) in [5, 5.41) is 20.2. The van der Waals surface area contributed by atoms with Gasteiger partial charge in [0.1, 0.15) is 17.3 Å². The lowest BCUT2D eigenvalue weighted by molar-refractivity contribution is -0.757. The minimum atomic E-state index is -4.24. The van der Waals surface area contributed by atoms with Gasteiger partial charge in [0.05, 0.1) is 19.1 Å². The highest BCUT2D eigenvalue weighted by Gasteiger charge is 2.59. The molecule has 1 N–H and O–H groups in total. The van der Waals surface area contributed by atoms with Crippen molar-refractivity contribution in [2.45, 2.75) is 84.5 Å². The Labute approximate surface area is 231 Å². The molecule has 3 fully saturated rings. The topological polar surface area (TPSA) is 142 Å². The molecule has 0 aromatic heterocycles. The van der Waals surface area contributed by atoms with Crippen LogP contribution < -0.4 is 4.74 Å². The number of hydrogen-bond acceptors (Lipinski definition) is 9. The van der Waals surface area contributed by atoms with Gasteiger partial charge in [0.25, 0.3) is 5.09 Å². The fourth-order valence-corrected chi connectivity index (χ4v) is 6.08. The van der Waals surface area contributed by atoms with Gasteiger partial charge in [0.2, 0.25) is 0 Å². The Bertz CT molecular complexity index is 1130. The zero-order chi connectivity index (χ0) is 29.8. The summed E-state index contributed by atoms with van der Waals surface area (Å²) >= 11 is 0. The number of aromatic hydroxyl groups is 1. The Balaban J connectivity index is 1.96. The third-order valence-electron chi connectivity index (χ3n) is 8.29. The zero-order valence-corrected chi connectivity index (χ0v) is 23.2. The fourth-order valence-electron chi connectivity index (χ4n) is 6.08. The summed E-state index contributed by atoms with van der Waals surface area (Å²) in [7, 11) is 0. The number of nitrogens with zero attached hydrogens (tertiary/aromatic N) is 1. The predicted molar refractivity (Wildman–Crippen MR) is 137 cm³/mol. The minimum Gasteiger partial charge on any atom is -0.508 e. The molecule has 3 saturated carbocycles. The lowest BCUT2D eigenvalue weighted by atomic mass is 9.44. The number of ketones is 1. The predicted octanol–water partition coefficient (Wildman–Crippen LogP) is 5.47. The molecule has 0 spiro atoms. The maximum Gasteiger partial charge on any atom is 0.381 e. The molecule has 0 heterocycles. The molecule has 12 heteroatoms. The average Bonchev–Trinajstić information content (AvgIpc) is 2.87. The molecule has 1 aromatic rings. The quantitative estimate of drug-likeness (QED) is 0.101. The van der Waals surface area contributed by atoms with Gasteiger partial charge >= 0.3 is 17.9 Å². The van der Waals surface area contributed by atoms with Gasteiger partial charge < -0.3 is 19.4 Å². The smallest absolute Gasteiger partial charge is 0.381 e. The maximum absolute atomic E-state index is 15.2. The molecule has 4 rings (SSSR count). The van der Waals surface area contributed by atoms with Crippen LogP contribution in [0.2, 0.25) is 0 Å². The van der Waals surface area contributed by atoms with Crippen LogP contribution in [0, 0.1) is 33.3 Å². The van der Waals surface area contributed by atoms with E-state index >= 15 is 8.78 Å². The fraction of sp³-hybridized carbons (Fsp3) is 0.679. The molecule has 222 valence electrons. The van der Waals surface area contributed by atoms with E-state index in [0.29, 0.717) is 32.1 Å². The van der Waals surface area contributed by atoms with E-state index in [9.17, 15) is 29.6 Å². The number of rotatable bonds is 14. The first-order chi connectivity index (χ1) is 18.7. The third kappa shape index (κ3) is 6.36. The van der Waals surface area contributed by atoms with Gasteiger partial charge in [-0.3, -0.25) is 9.59 Å². The average molecular weight is 570 g/mol. The molecule has 0 unspecified atom stereocenters. The normalized spacial score (nSPS) is 21.5. The molecule has 2 bridgehead atoms. The summed E-state index contributed by atoms with van der Waals surface area (Å²) in [6, 6.07) is 1.60. The number of phenols is 1. The molecular weight excluding hydrogens is 532 g/mol. The first-order valence-corrected chi connectivity index (χ1v) is 13.7. The van der Waals surface area contributed by atoms with Crippen molar-refractivity contribution in [3.63, 3.8) is 0 Å². The number of benzene rings is 1. The number of carbonyl (C=O) groups excluding carboxylic acids is 3. The summed E-state index contributed by atoms with van der Waals surface area (Å²) in [4.78, 5) is 52.5. The molecule has 0 saturated heterocycles. The molecule has 3 aliphatic carbocycles. The van der Waals surface area contributed by atoms with E-state index in [0.717, 1.165) is 12.1 Å². The van der Waals surface area contributed by atoms with Crippen molar-refractivity contribution in [3.8, 4) is 11.5 Å². The number of Topliss-reactive ketones (excluding diaryl/α,β-unsaturated/α-hetero) is 1. The Morgan fingerprint density at radius 1 is 1.20 bits per heavy atom. The summed E-state index contributed by atoms with van der Waals surface area (Å²) in [5.41, 5.74) is -1.21. The highest BCUT2D eigenvalue weighted by Crippen LogP contribution is 2.64. The number of fused-ring (bicyclic) bond motifs is 2. The third-order valence-corrected chi connectivity index (χ3v) is 8.29. The van der Waals surface area contributed by atoms with Gasteiger partial charge in [-0.25, -0.2) is 4.79 Å². The van der Waals surface area contributed by atoms with E-state index in [4.69, 9.17) is 4.74 Å². The van der Waals surface area contributed by atoms with Crippen molar-refractivity contribution >= 4 is 17.7 Å². The minimum absolute atomic E-state index is 0.00284. The van der Waals surface area contributed by atoms with Crippen LogP contribution in [0.3, 0.4) is 0 Å². The molecule has 0 radical (unpaired) electrons. The van der Waals surface area contributed by atoms with E-state index < -0.39 is 59.3 Å². The summed E-state index contributed by atoms with van der Waals surface area (Å²) < 4.78 is 40.7. The highest BCUT2D eigenvalue weighted by atomic mass is 19.3. The molecular formula is C28H37F2NO9. The Hall–Kier alpha value is -3.31. The van der Waals surface area contributed by atoms with E-state index in [1.54, 1.807) is 0 Å². The van der Waals surface area contributed by atoms with E-state index in [1.165, 1.54) is 0 Å². The van der Waals surface area contributed by atoms with E-state index in [1.807, 2.05) is 27.7 Å². The van der Waals surface area contributed by atoms with Crippen LogP contribution in [0.5, 0.6) is 11.5 Å². The zero-order valence-electron chi connectivity index (χ0n) is 23.2. The maximum atomic E-state index is 15.2. The largest absolute Gasteiger partial charge is 0.508 e. The standard InChI is InChI=1S/C28H37F2NO9/c1-5-8-16(9-6-2)25(34)40-23-13-17(28(29,30)26(35)38-10-7-11-39-31(36)37)12-22(33)24(23)18-14-21(32)20-15-19(18)27(20,3)4/h12-13,16,18-20,33H,5-11,14-15H2,1-4H3/t18-,19-,20+/m0/s1. The number of alkyl halides is 2. The van der Waals surface area contributed by atoms with Crippen LogP contribution >= 0.6 is 0 Å². The second-order valence-corrected chi connectivity index (χ2v) is 11.2. The summed E-state index contributed by atoms with van der Waals surface area (Å²) in [5.74, 6) is -8.92. The highest BCUT2D eigenvalue weighted by molar-refractivity contribution is 5.86. The number of ether oxygens (including phenoxy) is 2. The number of esters is 2. The summed E-state index contributed by atoms with van der Waals surface area (Å²) in [6.07, 6.45) is 2.91. The van der Waals surface area contributed by atoms with Gasteiger partial charge in [-0.2, -0.15) is 8.78 Å². The first-order valence-electron chi connectivity index (χ1n) is 13.7. The van der Waals surface area contributed by atoms with Gasteiger partial charge in [0, 0.05) is 35.8 Å². The summed E-state index contributed by atoms with van der Waals surface area (Å²) in [6.45, 7) is 6.71. The molecule has 10 nitrogen and oxygen atoms in total. The SMILES string of the molecule is CCCC(CCC)C(=O)Oc1cc(C(F)(F)C(=O)OCCCO[N+](=O)[O-])cc(O)c1[C@H]1CC(=O)[C@H]2C[C@@H]1C2(C)C. The molecule has 40 heavy (non-hydrogen) atoms. The Morgan fingerprint density at radius 3 is 2.40 bits per heavy atom. The van der Waals surface area contributed by atoms with Crippen molar-refractivity contribution < 1.29 is 47.7 Å². The number of carbonyl (C=O) groups is 3. The van der Waals surface area contributed by atoms with Crippen LogP contribution in [0.15, 0.2) is 12.1 Å². The molecule has 1 aromatic carbocycles. The van der Waals surface area contributed by atoms with Gasteiger partial charge in [-0.15, -0.1) is 10.1 Å².